The summed E-state index contributed by atoms with van der Waals surface area (Å²) in [7, 11) is 0. The minimum atomic E-state index is 0.212. The molecule has 0 unspecified atom stereocenters. The van der Waals surface area contributed by atoms with Gasteiger partial charge in [0.25, 0.3) is 5.19 Å². The number of carbonyl (C=O) groups excluding carboxylic acids is 1. The average Bonchev–Trinajstić information content (AvgIpc) is 3.40. The molecule has 5 rings (SSSR count). The molecule has 0 spiro atoms. The molecule has 150 valence electrons. The monoisotopic (exact) mass is 427 g/mol. The number of hydrogen-bond acceptors (Lipinski definition) is 5. The van der Waals surface area contributed by atoms with Crippen LogP contribution in [-0.2, 0) is 11.2 Å². The normalized spacial score (nSPS) is 21.2. The molecule has 2 bridgehead atoms. The van der Waals surface area contributed by atoms with Gasteiger partial charge in [-0.2, -0.15) is 0 Å². The highest BCUT2D eigenvalue weighted by Crippen LogP contribution is 2.33. The second kappa shape index (κ2) is 7.59. The number of hydrogen-bond donors (Lipinski definition) is 0. The third-order valence-electron chi connectivity index (χ3n) is 5.90. The van der Waals surface area contributed by atoms with Crippen molar-refractivity contribution in [2.24, 2.45) is 0 Å². The average molecular weight is 428 g/mol. The Kier molecular flexibility index (Phi) is 4.94. The predicted octanol–water partition coefficient (Wildman–Crippen LogP) is 4.59. The minimum absolute atomic E-state index is 0.212. The second-order valence-corrected chi connectivity index (χ2v) is 9.23. The molecule has 3 aromatic rings. The van der Waals surface area contributed by atoms with Gasteiger partial charge < -0.3 is 9.64 Å². The van der Waals surface area contributed by atoms with E-state index < -0.39 is 0 Å². The van der Waals surface area contributed by atoms with Gasteiger partial charge >= 0.3 is 0 Å². The maximum absolute atomic E-state index is 11.6. The largest absolute Gasteiger partial charge is 0.431 e. The standard InChI is InChI=1S/C22H22ClN3O2S/c1-14(27)26-13-17-11-18(26)12-25(17)9-8-15-2-5-19(6-3-15)28-22-24-20-10-16(23)4-7-21(20)29-22/h2-7,10,17-18H,8-9,11-13H2,1H3/t17-,18-/m1/s1. The molecular formula is C22H22ClN3O2S. The zero-order valence-corrected chi connectivity index (χ0v) is 17.7. The fourth-order valence-corrected chi connectivity index (χ4v) is 5.41. The van der Waals surface area contributed by atoms with Crippen molar-refractivity contribution >= 4 is 39.1 Å². The van der Waals surface area contributed by atoms with E-state index in [-0.39, 0.29) is 5.91 Å². The molecule has 1 amide bonds. The summed E-state index contributed by atoms with van der Waals surface area (Å²) < 4.78 is 6.99. The van der Waals surface area contributed by atoms with E-state index in [4.69, 9.17) is 16.3 Å². The van der Waals surface area contributed by atoms with Gasteiger partial charge in [0, 0.05) is 43.7 Å². The van der Waals surface area contributed by atoms with Gasteiger partial charge in [0.1, 0.15) is 5.75 Å². The number of ether oxygens (including phenoxy) is 1. The van der Waals surface area contributed by atoms with Crippen molar-refractivity contribution in [1.29, 1.82) is 0 Å². The smallest absolute Gasteiger partial charge is 0.279 e. The molecule has 2 saturated heterocycles. The van der Waals surface area contributed by atoms with Crippen LogP contribution in [0.3, 0.4) is 0 Å². The molecule has 7 heteroatoms. The number of aromatic nitrogens is 1. The number of fused-ring (bicyclic) bond motifs is 3. The first-order chi connectivity index (χ1) is 14.0. The van der Waals surface area contributed by atoms with E-state index in [0.29, 0.717) is 22.3 Å². The van der Waals surface area contributed by atoms with Crippen LogP contribution in [0.1, 0.15) is 18.9 Å². The van der Waals surface area contributed by atoms with E-state index in [2.05, 4.69) is 22.0 Å². The van der Waals surface area contributed by atoms with Crippen LogP contribution in [0, 0.1) is 0 Å². The molecule has 0 N–H and O–H groups in total. The van der Waals surface area contributed by atoms with Gasteiger partial charge in [-0.1, -0.05) is 35.1 Å². The van der Waals surface area contributed by atoms with E-state index >= 15 is 0 Å². The Morgan fingerprint density at radius 3 is 2.76 bits per heavy atom. The number of nitrogens with zero attached hydrogens (tertiary/aromatic N) is 3. The van der Waals surface area contributed by atoms with Gasteiger partial charge in [0.05, 0.1) is 10.2 Å². The van der Waals surface area contributed by atoms with Gasteiger partial charge in [0.15, 0.2) is 0 Å². The number of amides is 1. The van der Waals surface area contributed by atoms with E-state index in [1.54, 1.807) is 6.92 Å². The summed E-state index contributed by atoms with van der Waals surface area (Å²) in [6.07, 6.45) is 2.13. The molecule has 0 radical (unpaired) electrons. The summed E-state index contributed by atoms with van der Waals surface area (Å²) in [5, 5.41) is 1.30. The van der Waals surface area contributed by atoms with Crippen LogP contribution in [0.4, 0.5) is 0 Å². The van der Waals surface area contributed by atoms with Crippen LogP contribution in [0.2, 0.25) is 5.02 Å². The lowest BCUT2D eigenvalue weighted by molar-refractivity contribution is -0.131. The van der Waals surface area contributed by atoms with Crippen LogP contribution in [0.5, 0.6) is 10.9 Å². The first kappa shape index (κ1) is 18.9. The molecule has 2 atom stereocenters. The molecule has 0 saturated carbocycles. The lowest BCUT2D eigenvalue weighted by Gasteiger charge is -2.33. The predicted molar refractivity (Wildman–Crippen MR) is 116 cm³/mol. The van der Waals surface area contributed by atoms with Crippen molar-refractivity contribution < 1.29 is 9.53 Å². The number of piperazine rings is 1. The number of carbonyl (C=O) groups is 1. The summed E-state index contributed by atoms with van der Waals surface area (Å²) in [6, 6.07) is 14.9. The highest BCUT2D eigenvalue weighted by atomic mass is 35.5. The summed E-state index contributed by atoms with van der Waals surface area (Å²) in [5.41, 5.74) is 2.15. The van der Waals surface area contributed by atoms with Gasteiger partial charge in [-0.15, -0.1) is 0 Å². The van der Waals surface area contributed by atoms with Crippen LogP contribution >= 0.6 is 22.9 Å². The Labute approximate surface area is 178 Å². The molecule has 2 aliphatic rings. The maximum atomic E-state index is 11.6. The maximum Gasteiger partial charge on any atom is 0.279 e. The van der Waals surface area contributed by atoms with E-state index in [0.717, 1.165) is 48.4 Å². The van der Waals surface area contributed by atoms with Crippen molar-refractivity contribution in [3.8, 4) is 10.9 Å². The molecule has 2 fully saturated rings. The molecule has 2 aliphatic heterocycles. The van der Waals surface area contributed by atoms with Gasteiger partial charge in [-0.25, -0.2) is 4.98 Å². The van der Waals surface area contributed by atoms with Gasteiger partial charge in [0.2, 0.25) is 5.91 Å². The Balaban J connectivity index is 1.17. The van der Waals surface area contributed by atoms with Crippen molar-refractivity contribution in [2.75, 3.05) is 19.6 Å². The number of benzene rings is 2. The van der Waals surface area contributed by atoms with Crippen LogP contribution in [0.25, 0.3) is 10.2 Å². The Morgan fingerprint density at radius 1 is 1.21 bits per heavy atom. The quantitative estimate of drug-likeness (QED) is 0.597. The summed E-state index contributed by atoms with van der Waals surface area (Å²) in [5.74, 6) is 1.00. The molecule has 0 aliphatic carbocycles. The van der Waals surface area contributed by atoms with Crippen LogP contribution in [-0.4, -0.2) is 52.4 Å². The molecule has 1 aromatic heterocycles. The van der Waals surface area contributed by atoms with Crippen LogP contribution in [0.15, 0.2) is 42.5 Å². The SMILES string of the molecule is CC(=O)N1C[C@H]2C[C@@H]1CN2CCc1ccc(Oc2nc3cc(Cl)ccc3s2)cc1. The zero-order chi connectivity index (χ0) is 20.0. The van der Waals surface area contributed by atoms with E-state index in [1.165, 1.54) is 16.9 Å². The van der Waals surface area contributed by atoms with E-state index in [9.17, 15) is 4.79 Å². The fourth-order valence-electron chi connectivity index (χ4n) is 4.43. The number of likely N-dealkylation sites (tertiary alicyclic amines) is 2. The number of halogens is 1. The van der Waals surface area contributed by atoms with Gasteiger partial charge in [-0.05, 0) is 48.7 Å². The van der Waals surface area contributed by atoms with E-state index in [1.807, 2.05) is 35.2 Å². The number of thiazole rings is 1. The first-order valence-electron chi connectivity index (χ1n) is 9.89. The lowest BCUT2D eigenvalue weighted by Crippen LogP contribution is -2.48. The van der Waals surface area contributed by atoms with Crippen molar-refractivity contribution in [3.63, 3.8) is 0 Å². The van der Waals surface area contributed by atoms with Crippen molar-refractivity contribution in [1.82, 2.24) is 14.8 Å². The first-order valence-corrected chi connectivity index (χ1v) is 11.1. The molecule has 5 nitrogen and oxygen atoms in total. The zero-order valence-electron chi connectivity index (χ0n) is 16.2. The molecular weight excluding hydrogens is 406 g/mol. The Morgan fingerprint density at radius 2 is 2.03 bits per heavy atom. The summed E-state index contributed by atoms with van der Waals surface area (Å²) in [4.78, 5) is 20.7. The minimum Gasteiger partial charge on any atom is -0.431 e. The lowest BCUT2D eigenvalue weighted by atomic mass is 10.1. The highest BCUT2D eigenvalue weighted by Gasteiger charge is 2.43. The van der Waals surface area contributed by atoms with Crippen molar-refractivity contribution in [2.45, 2.75) is 31.8 Å². The Bertz CT molecular complexity index is 1050. The summed E-state index contributed by atoms with van der Waals surface area (Å²) in [6.45, 7) is 4.61. The third-order valence-corrected chi connectivity index (χ3v) is 7.05. The Hall–Kier alpha value is -2.15. The second-order valence-electron chi connectivity index (χ2n) is 7.80. The number of rotatable bonds is 5. The molecule has 3 heterocycles. The highest BCUT2D eigenvalue weighted by molar-refractivity contribution is 7.20. The topological polar surface area (TPSA) is 45.7 Å². The van der Waals surface area contributed by atoms with Crippen LogP contribution < -0.4 is 4.74 Å². The molecule has 29 heavy (non-hydrogen) atoms. The third kappa shape index (κ3) is 3.84. The molecule has 2 aromatic carbocycles. The van der Waals surface area contributed by atoms with Crippen molar-refractivity contribution in [3.05, 3.63) is 53.1 Å². The summed E-state index contributed by atoms with van der Waals surface area (Å²) >= 11 is 7.54. The van der Waals surface area contributed by atoms with Gasteiger partial charge in [-0.3, -0.25) is 9.69 Å². The fraction of sp³-hybridized carbons (Fsp3) is 0.364.